The second-order valence-electron chi connectivity index (χ2n) is 4.81. The predicted octanol–water partition coefficient (Wildman–Crippen LogP) is 2.66. The second-order valence-corrected chi connectivity index (χ2v) is 5.24. The van der Waals surface area contributed by atoms with Gasteiger partial charge in [0, 0.05) is 11.4 Å². The molecule has 1 heterocycles. The number of hydrazine groups is 1. The highest BCUT2D eigenvalue weighted by Gasteiger charge is 2.24. The summed E-state index contributed by atoms with van der Waals surface area (Å²) in [5.41, 5.74) is 7.47. The van der Waals surface area contributed by atoms with Gasteiger partial charge in [-0.05, 0) is 23.3 Å². The Bertz CT molecular complexity index is 668. The van der Waals surface area contributed by atoms with Crippen molar-refractivity contribution in [3.05, 3.63) is 70.7 Å². The average molecular weight is 300 g/mol. The van der Waals surface area contributed by atoms with E-state index >= 15 is 0 Å². The molecule has 0 radical (unpaired) electrons. The molecule has 5 heteroatoms. The summed E-state index contributed by atoms with van der Waals surface area (Å²) in [6.45, 7) is 0. The van der Waals surface area contributed by atoms with Gasteiger partial charge in [0.15, 0.2) is 6.04 Å². The highest BCUT2D eigenvalue weighted by Crippen LogP contribution is 2.20. The number of hydrogen-bond donors (Lipinski definition) is 2. The molecule has 4 nitrogen and oxygen atoms in total. The van der Waals surface area contributed by atoms with Gasteiger partial charge in [0.2, 0.25) is 0 Å². The van der Waals surface area contributed by atoms with Crippen molar-refractivity contribution in [1.82, 2.24) is 10.9 Å². The molecule has 1 aliphatic heterocycles. The number of nitrogens with one attached hydrogen (secondary N) is 2. The summed E-state index contributed by atoms with van der Waals surface area (Å²) >= 11 is 5.87. The summed E-state index contributed by atoms with van der Waals surface area (Å²) in [4.78, 5) is 16.5. The molecular weight excluding hydrogens is 286 g/mol. The van der Waals surface area contributed by atoms with Crippen LogP contribution in [0.25, 0.3) is 0 Å². The normalized spacial score (nSPS) is 17.7. The number of nitrogens with zero attached hydrogens (tertiary/aromatic N) is 1. The maximum Gasteiger partial charge on any atom is 0.267 e. The van der Waals surface area contributed by atoms with Crippen LogP contribution in [0.1, 0.15) is 17.2 Å². The van der Waals surface area contributed by atoms with Gasteiger partial charge >= 0.3 is 0 Å². The van der Waals surface area contributed by atoms with Crippen LogP contribution in [0.3, 0.4) is 0 Å². The molecule has 106 valence electrons. The Balaban J connectivity index is 1.82. The van der Waals surface area contributed by atoms with Crippen molar-refractivity contribution in [2.45, 2.75) is 12.5 Å². The molecule has 0 saturated heterocycles. The first-order valence-electron chi connectivity index (χ1n) is 6.64. The van der Waals surface area contributed by atoms with Crippen LogP contribution in [0.5, 0.6) is 0 Å². The summed E-state index contributed by atoms with van der Waals surface area (Å²) in [5.74, 6) is 0.576. The van der Waals surface area contributed by atoms with E-state index < -0.39 is 6.04 Å². The largest absolute Gasteiger partial charge is 0.285 e. The van der Waals surface area contributed by atoms with Gasteiger partial charge < -0.3 is 0 Å². The van der Waals surface area contributed by atoms with Crippen LogP contribution in [0.4, 0.5) is 0 Å². The minimum absolute atomic E-state index is 0.152. The third-order valence-corrected chi connectivity index (χ3v) is 3.52. The zero-order valence-electron chi connectivity index (χ0n) is 11.2. The van der Waals surface area contributed by atoms with Crippen LogP contribution in [0.15, 0.2) is 59.6 Å². The number of halogens is 1. The van der Waals surface area contributed by atoms with Crippen LogP contribution in [-0.2, 0) is 11.2 Å². The zero-order chi connectivity index (χ0) is 14.7. The Morgan fingerprint density at radius 3 is 2.43 bits per heavy atom. The summed E-state index contributed by atoms with van der Waals surface area (Å²) in [6, 6.07) is 16.6. The molecule has 0 bridgehead atoms. The molecule has 2 aromatic rings. The van der Waals surface area contributed by atoms with Crippen molar-refractivity contribution < 1.29 is 4.79 Å². The van der Waals surface area contributed by atoms with E-state index in [4.69, 9.17) is 11.6 Å². The SMILES string of the molecule is O=C1NNC(Cc2ccc(Cl)cc2)=NC1c1ccccc1. The zero-order valence-corrected chi connectivity index (χ0v) is 12.0. The summed E-state index contributed by atoms with van der Waals surface area (Å²) < 4.78 is 0. The Labute approximate surface area is 127 Å². The molecule has 0 fully saturated rings. The lowest BCUT2D eigenvalue weighted by Gasteiger charge is -2.22. The highest BCUT2D eigenvalue weighted by atomic mass is 35.5. The fraction of sp³-hybridized carbons (Fsp3) is 0.125. The Morgan fingerprint density at radius 2 is 1.71 bits per heavy atom. The van der Waals surface area contributed by atoms with E-state index in [1.807, 2.05) is 54.6 Å². The van der Waals surface area contributed by atoms with Crippen molar-refractivity contribution in [3.8, 4) is 0 Å². The molecule has 1 aliphatic rings. The molecule has 0 spiro atoms. The lowest BCUT2D eigenvalue weighted by Crippen LogP contribution is -2.48. The number of amidine groups is 1. The number of carbonyl (C=O) groups is 1. The van der Waals surface area contributed by atoms with Crippen LogP contribution in [-0.4, -0.2) is 11.7 Å². The predicted molar refractivity (Wildman–Crippen MR) is 83.1 cm³/mol. The maximum absolute atomic E-state index is 11.9. The number of rotatable bonds is 3. The van der Waals surface area contributed by atoms with E-state index in [0.29, 0.717) is 11.4 Å². The fourth-order valence-corrected chi connectivity index (χ4v) is 2.32. The first kappa shape index (κ1) is 13.6. The lowest BCUT2D eigenvalue weighted by atomic mass is 10.1. The Hall–Kier alpha value is -2.33. The first-order chi connectivity index (χ1) is 10.2. The van der Waals surface area contributed by atoms with Gasteiger partial charge in [-0.25, -0.2) is 0 Å². The van der Waals surface area contributed by atoms with Gasteiger partial charge in [-0.2, -0.15) is 0 Å². The third-order valence-electron chi connectivity index (χ3n) is 3.26. The minimum Gasteiger partial charge on any atom is -0.285 e. The molecule has 0 saturated carbocycles. The monoisotopic (exact) mass is 299 g/mol. The molecule has 2 N–H and O–H groups in total. The van der Waals surface area contributed by atoms with Crippen LogP contribution >= 0.6 is 11.6 Å². The molecule has 2 aromatic carbocycles. The van der Waals surface area contributed by atoms with Crippen molar-refractivity contribution in [2.24, 2.45) is 4.99 Å². The quantitative estimate of drug-likeness (QED) is 0.915. The Morgan fingerprint density at radius 1 is 1.00 bits per heavy atom. The van der Waals surface area contributed by atoms with Gasteiger partial charge in [0.1, 0.15) is 5.84 Å². The molecule has 1 atom stereocenters. The fourth-order valence-electron chi connectivity index (χ4n) is 2.20. The number of carbonyl (C=O) groups excluding carboxylic acids is 1. The van der Waals surface area contributed by atoms with Gasteiger partial charge in [0.25, 0.3) is 5.91 Å². The van der Waals surface area contributed by atoms with Crippen molar-refractivity contribution >= 4 is 23.3 Å². The van der Waals surface area contributed by atoms with Crippen molar-refractivity contribution in [3.63, 3.8) is 0 Å². The topological polar surface area (TPSA) is 53.5 Å². The van der Waals surface area contributed by atoms with E-state index in [2.05, 4.69) is 15.8 Å². The summed E-state index contributed by atoms with van der Waals surface area (Å²) in [7, 11) is 0. The van der Waals surface area contributed by atoms with E-state index in [0.717, 1.165) is 17.0 Å². The van der Waals surface area contributed by atoms with Gasteiger partial charge in [-0.3, -0.25) is 20.6 Å². The van der Waals surface area contributed by atoms with E-state index in [9.17, 15) is 4.79 Å². The van der Waals surface area contributed by atoms with E-state index in [1.54, 1.807) is 0 Å². The standard InChI is InChI=1S/C16H14ClN3O/c17-13-8-6-11(7-9-13)10-14-18-15(16(21)20-19-14)12-4-2-1-3-5-12/h1-9,15H,10H2,(H,18,19)(H,20,21). The molecule has 3 rings (SSSR count). The van der Waals surface area contributed by atoms with Gasteiger partial charge in [-0.15, -0.1) is 0 Å². The smallest absolute Gasteiger partial charge is 0.267 e. The first-order valence-corrected chi connectivity index (χ1v) is 7.02. The number of hydrogen-bond acceptors (Lipinski definition) is 3. The molecule has 21 heavy (non-hydrogen) atoms. The number of aliphatic imine (C=N–C) groups is 1. The molecule has 1 amide bonds. The average Bonchev–Trinajstić information content (AvgIpc) is 2.52. The second kappa shape index (κ2) is 5.97. The highest BCUT2D eigenvalue weighted by molar-refractivity contribution is 6.30. The van der Waals surface area contributed by atoms with Crippen molar-refractivity contribution in [2.75, 3.05) is 0 Å². The molecular formula is C16H14ClN3O. The number of amides is 1. The Kier molecular flexibility index (Phi) is 3.88. The van der Waals surface area contributed by atoms with Crippen LogP contribution < -0.4 is 10.9 Å². The minimum atomic E-state index is -0.505. The van der Waals surface area contributed by atoms with Crippen molar-refractivity contribution in [1.29, 1.82) is 0 Å². The lowest BCUT2D eigenvalue weighted by molar-refractivity contribution is -0.123. The maximum atomic E-state index is 11.9. The molecule has 0 aromatic heterocycles. The van der Waals surface area contributed by atoms with E-state index in [-0.39, 0.29) is 5.91 Å². The molecule has 1 unspecified atom stereocenters. The van der Waals surface area contributed by atoms with Crippen LogP contribution in [0, 0.1) is 0 Å². The third kappa shape index (κ3) is 3.23. The van der Waals surface area contributed by atoms with Crippen LogP contribution in [0.2, 0.25) is 5.02 Å². The summed E-state index contributed by atoms with van der Waals surface area (Å²) in [6.07, 6.45) is 0.612. The molecule has 0 aliphatic carbocycles. The van der Waals surface area contributed by atoms with Gasteiger partial charge in [0.05, 0.1) is 0 Å². The number of benzene rings is 2. The summed E-state index contributed by atoms with van der Waals surface area (Å²) in [5, 5.41) is 0.702. The van der Waals surface area contributed by atoms with E-state index in [1.165, 1.54) is 0 Å². The van der Waals surface area contributed by atoms with Gasteiger partial charge in [-0.1, -0.05) is 54.1 Å².